The Balaban J connectivity index is 2.32. The van der Waals surface area contributed by atoms with Crippen LogP contribution < -0.4 is 5.32 Å². The van der Waals surface area contributed by atoms with Crippen LogP contribution in [0.1, 0.15) is 16.7 Å². The lowest BCUT2D eigenvalue weighted by Crippen LogP contribution is -2.28. The molecule has 0 aliphatic rings. The van der Waals surface area contributed by atoms with Crippen molar-refractivity contribution >= 4 is 11.3 Å². The maximum absolute atomic E-state index is 3.36. The number of nitrogens with one attached hydrogen (secondary N) is 1. The molecule has 0 aliphatic carbocycles. The maximum Gasteiger partial charge on any atom is 0.0325 e. The number of hydrogen-bond acceptors (Lipinski definition) is 4. The van der Waals surface area contributed by atoms with E-state index in [2.05, 4.69) is 55.3 Å². The van der Waals surface area contributed by atoms with Crippen molar-refractivity contribution in [2.75, 3.05) is 40.8 Å². The Kier molecular flexibility index (Phi) is 6.73. The molecule has 0 bridgehead atoms. The summed E-state index contributed by atoms with van der Waals surface area (Å²) in [4.78, 5) is 7.49. The van der Waals surface area contributed by atoms with Crippen molar-refractivity contribution in [2.45, 2.75) is 20.0 Å². The molecule has 1 N–H and O–H groups in total. The lowest BCUT2D eigenvalue weighted by Gasteiger charge is -2.18. The summed E-state index contributed by atoms with van der Waals surface area (Å²) in [5.41, 5.74) is 0. The molecule has 98 valence electrons. The average molecular weight is 255 g/mol. The molecule has 4 heteroatoms. The van der Waals surface area contributed by atoms with Gasteiger partial charge >= 0.3 is 0 Å². The second kappa shape index (κ2) is 7.82. The van der Waals surface area contributed by atoms with Crippen LogP contribution in [0.4, 0.5) is 0 Å². The number of nitrogens with zero attached hydrogens (tertiary/aromatic N) is 2. The largest absolute Gasteiger partial charge is 0.312 e. The first-order valence-electron chi connectivity index (χ1n) is 6.23. The summed E-state index contributed by atoms with van der Waals surface area (Å²) in [6.07, 6.45) is 0. The van der Waals surface area contributed by atoms with Crippen LogP contribution in [0.25, 0.3) is 0 Å². The minimum atomic E-state index is 1.00. The first kappa shape index (κ1) is 14.6. The summed E-state index contributed by atoms with van der Waals surface area (Å²) in [6.45, 7) is 7.48. The Labute approximate surface area is 109 Å². The molecule has 17 heavy (non-hydrogen) atoms. The van der Waals surface area contributed by atoms with Crippen molar-refractivity contribution in [3.8, 4) is 0 Å². The van der Waals surface area contributed by atoms with E-state index in [-0.39, 0.29) is 0 Å². The van der Waals surface area contributed by atoms with E-state index in [9.17, 15) is 0 Å². The molecule has 3 nitrogen and oxygen atoms in total. The van der Waals surface area contributed by atoms with Gasteiger partial charge in [-0.05, 0) is 39.8 Å². The van der Waals surface area contributed by atoms with Gasteiger partial charge in [0.15, 0.2) is 0 Å². The van der Waals surface area contributed by atoms with Gasteiger partial charge in [-0.3, -0.25) is 0 Å². The van der Waals surface area contributed by atoms with Gasteiger partial charge in [-0.2, -0.15) is 0 Å². The Morgan fingerprint density at radius 2 is 1.82 bits per heavy atom. The highest BCUT2D eigenvalue weighted by Gasteiger charge is 2.04. The number of rotatable bonds is 8. The van der Waals surface area contributed by atoms with Crippen LogP contribution >= 0.6 is 11.3 Å². The Morgan fingerprint density at radius 1 is 1.12 bits per heavy atom. The standard InChI is InChI=1S/C13H25N3S/c1-5-14-10-12-6-7-13(17-12)11-16(4)9-8-15(2)3/h6-7,14H,5,8-11H2,1-4H3. The SMILES string of the molecule is CCNCc1ccc(CN(C)CCN(C)C)s1. The molecule has 0 amide bonds. The predicted molar refractivity (Wildman–Crippen MR) is 76.6 cm³/mol. The highest BCUT2D eigenvalue weighted by atomic mass is 32.1. The summed E-state index contributed by atoms with van der Waals surface area (Å²) in [7, 11) is 6.42. The fourth-order valence-electron chi connectivity index (χ4n) is 1.57. The number of likely N-dealkylation sites (N-methyl/N-ethyl adjacent to an activating group) is 2. The van der Waals surface area contributed by atoms with Crippen LogP contribution in [0.3, 0.4) is 0 Å². The minimum Gasteiger partial charge on any atom is -0.312 e. The Hall–Kier alpha value is -0.420. The zero-order chi connectivity index (χ0) is 12.7. The van der Waals surface area contributed by atoms with Gasteiger partial charge in [0.1, 0.15) is 0 Å². The van der Waals surface area contributed by atoms with Crippen molar-refractivity contribution < 1.29 is 0 Å². The van der Waals surface area contributed by atoms with Gasteiger partial charge in [0, 0.05) is 35.9 Å². The summed E-state index contributed by atoms with van der Waals surface area (Å²) < 4.78 is 0. The van der Waals surface area contributed by atoms with Gasteiger partial charge < -0.3 is 15.1 Å². The molecule has 0 fully saturated rings. The van der Waals surface area contributed by atoms with Gasteiger partial charge in [0.2, 0.25) is 0 Å². The molecule has 0 aliphatic heterocycles. The second-order valence-corrected chi connectivity index (χ2v) is 5.94. The van der Waals surface area contributed by atoms with Gasteiger partial charge in [-0.15, -0.1) is 11.3 Å². The lowest BCUT2D eigenvalue weighted by atomic mass is 10.4. The van der Waals surface area contributed by atoms with Crippen LogP contribution in [0.5, 0.6) is 0 Å². The molecular formula is C13H25N3S. The Morgan fingerprint density at radius 3 is 2.47 bits per heavy atom. The van der Waals surface area contributed by atoms with Gasteiger partial charge in [0.25, 0.3) is 0 Å². The molecule has 0 saturated carbocycles. The van der Waals surface area contributed by atoms with Crippen LogP contribution in [-0.2, 0) is 13.1 Å². The number of thiophene rings is 1. The Bertz CT molecular complexity index is 309. The third-order valence-corrected chi connectivity index (χ3v) is 3.69. The monoisotopic (exact) mass is 255 g/mol. The fourth-order valence-corrected chi connectivity index (χ4v) is 2.63. The first-order chi connectivity index (χ1) is 8.11. The normalized spacial score (nSPS) is 11.6. The van der Waals surface area contributed by atoms with E-state index in [4.69, 9.17) is 0 Å². The van der Waals surface area contributed by atoms with Crippen LogP contribution in [0, 0.1) is 0 Å². The molecule has 0 atom stereocenters. The van der Waals surface area contributed by atoms with E-state index in [1.54, 1.807) is 0 Å². The molecule has 1 heterocycles. The van der Waals surface area contributed by atoms with E-state index in [0.717, 1.165) is 32.7 Å². The molecule has 0 unspecified atom stereocenters. The van der Waals surface area contributed by atoms with Crippen LogP contribution in [-0.4, -0.2) is 50.6 Å². The van der Waals surface area contributed by atoms with Gasteiger partial charge in [-0.25, -0.2) is 0 Å². The highest BCUT2D eigenvalue weighted by molar-refractivity contribution is 7.11. The van der Waals surface area contributed by atoms with Crippen LogP contribution in [0.2, 0.25) is 0 Å². The van der Waals surface area contributed by atoms with E-state index in [1.807, 2.05) is 11.3 Å². The molecule has 0 aromatic carbocycles. The van der Waals surface area contributed by atoms with Crippen molar-refractivity contribution in [1.82, 2.24) is 15.1 Å². The summed E-state index contributed by atoms with van der Waals surface area (Å²) in [5.74, 6) is 0. The quantitative estimate of drug-likeness (QED) is 0.765. The molecule has 0 radical (unpaired) electrons. The lowest BCUT2D eigenvalue weighted by molar-refractivity contribution is 0.278. The third-order valence-electron chi connectivity index (χ3n) is 2.62. The molecule has 0 saturated heterocycles. The summed E-state index contributed by atoms with van der Waals surface area (Å²) >= 11 is 1.92. The fraction of sp³-hybridized carbons (Fsp3) is 0.692. The smallest absolute Gasteiger partial charge is 0.0325 e. The van der Waals surface area contributed by atoms with Gasteiger partial charge in [-0.1, -0.05) is 6.92 Å². The average Bonchev–Trinajstić information content (AvgIpc) is 2.71. The van der Waals surface area contributed by atoms with Crippen molar-refractivity contribution in [3.05, 3.63) is 21.9 Å². The van der Waals surface area contributed by atoms with Crippen molar-refractivity contribution in [3.63, 3.8) is 0 Å². The highest BCUT2D eigenvalue weighted by Crippen LogP contribution is 2.17. The first-order valence-corrected chi connectivity index (χ1v) is 7.05. The maximum atomic E-state index is 3.36. The van der Waals surface area contributed by atoms with Crippen molar-refractivity contribution in [1.29, 1.82) is 0 Å². The summed E-state index contributed by atoms with van der Waals surface area (Å²) in [6, 6.07) is 4.49. The van der Waals surface area contributed by atoms with E-state index < -0.39 is 0 Å². The predicted octanol–water partition coefficient (Wildman–Crippen LogP) is 1.85. The second-order valence-electron chi connectivity index (χ2n) is 4.69. The van der Waals surface area contributed by atoms with Gasteiger partial charge in [0.05, 0.1) is 0 Å². The topological polar surface area (TPSA) is 18.5 Å². The van der Waals surface area contributed by atoms with Crippen molar-refractivity contribution in [2.24, 2.45) is 0 Å². The zero-order valence-corrected chi connectivity index (χ0v) is 12.3. The summed E-state index contributed by atoms with van der Waals surface area (Å²) in [5, 5.41) is 3.36. The van der Waals surface area contributed by atoms with E-state index in [1.165, 1.54) is 9.75 Å². The zero-order valence-electron chi connectivity index (χ0n) is 11.5. The van der Waals surface area contributed by atoms with Crippen LogP contribution in [0.15, 0.2) is 12.1 Å². The van der Waals surface area contributed by atoms with E-state index in [0.29, 0.717) is 0 Å². The molecule has 0 spiro atoms. The third kappa shape index (κ3) is 6.17. The van der Waals surface area contributed by atoms with E-state index >= 15 is 0 Å². The molecular weight excluding hydrogens is 230 g/mol. The molecule has 1 aromatic heterocycles. The minimum absolute atomic E-state index is 1.00. The molecule has 1 rings (SSSR count). The number of hydrogen-bond donors (Lipinski definition) is 1. The molecule has 1 aromatic rings.